The van der Waals surface area contributed by atoms with Crippen molar-refractivity contribution in [2.75, 3.05) is 30.4 Å². The third-order valence-corrected chi connectivity index (χ3v) is 6.74. The molecule has 2 bridgehead atoms. The van der Waals surface area contributed by atoms with Gasteiger partial charge in [0.2, 0.25) is 11.8 Å². The molecule has 1 unspecified atom stereocenters. The maximum Gasteiger partial charge on any atom is 0.408 e. The lowest BCUT2D eigenvalue weighted by Gasteiger charge is -2.39. The van der Waals surface area contributed by atoms with E-state index in [-0.39, 0.29) is 40.6 Å². The number of alkyl halides is 3. The van der Waals surface area contributed by atoms with Crippen LogP contribution in [0.25, 0.3) is 0 Å². The van der Waals surface area contributed by atoms with Crippen LogP contribution in [0.2, 0.25) is 5.02 Å². The number of piperidine rings is 1. The minimum Gasteiger partial charge on any atom is -0.481 e. The molecular weight excluding hydrogens is 485 g/mol. The normalized spacial score (nSPS) is 21.7. The van der Waals surface area contributed by atoms with Gasteiger partial charge in [0.1, 0.15) is 12.3 Å². The number of nitrogens with one attached hydrogen (secondary N) is 1. The number of nitrogens with zero attached hydrogens (tertiary/aromatic N) is 5. The third kappa shape index (κ3) is 5.24. The number of benzene rings is 1. The third-order valence-electron chi connectivity index (χ3n) is 6.43. The van der Waals surface area contributed by atoms with Gasteiger partial charge in [-0.05, 0) is 42.9 Å². The number of para-hydroxylation sites is 1. The van der Waals surface area contributed by atoms with Crippen LogP contribution in [-0.4, -0.2) is 52.2 Å². The standard InChI is InChI=1S/C23H24ClF3N6O2/c1-34-19-10-16(8-9-28-19)32-11-14-6-7-15(12-32)20(14)29-21-30-22(33(31-21)13-23(25,26)27)35-18-5-3-2-4-17(18)24/h2-5,8-10,14-15,20H,6-7,11-13H2,1H3,(H,29,31)/t14-,15+,20?. The van der Waals surface area contributed by atoms with E-state index in [0.29, 0.717) is 10.6 Å². The van der Waals surface area contributed by atoms with E-state index < -0.39 is 12.7 Å². The molecular formula is C23H24ClF3N6O2. The average molecular weight is 509 g/mol. The van der Waals surface area contributed by atoms with Crippen LogP contribution in [0.15, 0.2) is 42.6 Å². The van der Waals surface area contributed by atoms with Crippen LogP contribution < -0.4 is 19.7 Å². The van der Waals surface area contributed by atoms with Gasteiger partial charge >= 0.3 is 12.2 Å². The zero-order chi connectivity index (χ0) is 24.6. The Morgan fingerprint density at radius 1 is 1.14 bits per heavy atom. The number of ether oxygens (including phenoxy) is 2. The smallest absolute Gasteiger partial charge is 0.408 e. The minimum absolute atomic E-state index is 0.0462. The molecule has 3 aromatic rings. The predicted octanol–water partition coefficient (Wildman–Crippen LogP) is 5.02. The number of pyridine rings is 1. The van der Waals surface area contributed by atoms with Gasteiger partial charge < -0.3 is 19.7 Å². The summed E-state index contributed by atoms with van der Waals surface area (Å²) in [7, 11) is 1.58. The van der Waals surface area contributed by atoms with Gasteiger partial charge in [-0.15, -0.1) is 5.10 Å². The molecule has 0 amide bonds. The number of hydrogen-bond donors (Lipinski definition) is 1. The summed E-state index contributed by atoms with van der Waals surface area (Å²) in [5, 5.41) is 7.64. The van der Waals surface area contributed by atoms with Gasteiger partial charge in [-0.1, -0.05) is 23.7 Å². The predicted molar refractivity (Wildman–Crippen MR) is 124 cm³/mol. The lowest BCUT2D eigenvalue weighted by atomic mass is 9.92. The summed E-state index contributed by atoms with van der Waals surface area (Å²) in [5.41, 5.74) is 1.04. The fraction of sp³-hybridized carbons (Fsp3) is 0.435. The van der Waals surface area contributed by atoms with E-state index in [1.54, 1.807) is 37.6 Å². The monoisotopic (exact) mass is 508 g/mol. The van der Waals surface area contributed by atoms with Crippen LogP contribution in [-0.2, 0) is 6.54 Å². The molecule has 35 heavy (non-hydrogen) atoms. The highest BCUT2D eigenvalue weighted by molar-refractivity contribution is 6.32. The van der Waals surface area contributed by atoms with Crippen molar-refractivity contribution in [3.63, 3.8) is 0 Å². The van der Waals surface area contributed by atoms with E-state index in [0.717, 1.165) is 31.6 Å². The average Bonchev–Trinajstić information content (AvgIpc) is 3.28. The topological polar surface area (TPSA) is 77.3 Å². The number of hydrogen-bond acceptors (Lipinski definition) is 7. The zero-order valence-corrected chi connectivity index (χ0v) is 19.6. The summed E-state index contributed by atoms with van der Waals surface area (Å²) < 4.78 is 51.1. The molecule has 12 heteroatoms. The lowest BCUT2D eigenvalue weighted by Crippen LogP contribution is -2.48. The van der Waals surface area contributed by atoms with Crippen LogP contribution >= 0.6 is 11.6 Å². The Labute approximate surface area is 205 Å². The van der Waals surface area contributed by atoms with Gasteiger partial charge in [0.15, 0.2) is 0 Å². The summed E-state index contributed by atoms with van der Waals surface area (Å²) in [6.45, 7) is 0.276. The molecule has 1 aliphatic heterocycles. The second-order valence-electron chi connectivity index (χ2n) is 8.75. The first-order chi connectivity index (χ1) is 16.8. The largest absolute Gasteiger partial charge is 0.481 e. The van der Waals surface area contributed by atoms with Crippen molar-refractivity contribution < 1.29 is 22.6 Å². The van der Waals surface area contributed by atoms with Crippen molar-refractivity contribution in [1.82, 2.24) is 19.7 Å². The molecule has 5 rings (SSSR count). The summed E-state index contributed by atoms with van der Waals surface area (Å²) in [4.78, 5) is 10.7. The Morgan fingerprint density at radius 3 is 2.57 bits per heavy atom. The maximum atomic E-state index is 13.2. The number of halogens is 4. The van der Waals surface area contributed by atoms with Crippen molar-refractivity contribution >= 4 is 23.2 Å². The first-order valence-corrected chi connectivity index (χ1v) is 11.6. The van der Waals surface area contributed by atoms with Crippen LogP contribution in [0.4, 0.5) is 24.8 Å². The number of fused-ring (bicyclic) bond motifs is 2. The Hall–Kier alpha value is -3.21. The van der Waals surface area contributed by atoms with Gasteiger partial charge in [0.25, 0.3) is 0 Å². The highest BCUT2D eigenvalue weighted by Crippen LogP contribution is 2.40. The van der Waals surface area contributed by atoms with E-state index in [9.17, 15) is 13.2 Å². The fourth-order valence-corrected chi connectivity index (χ4v) is 5.06. The van der Waals surface area contributed by atoms with Crippen LogP contribution in [0, 0.1) is 11.8 Å². The number of aromatic nitrogens is 4. The molecule has 1 N–H and O–H groups in total. The van der Waals surface area contributed by atoms with Gasteiger partial charge in [-0.25, -0.2) is 9.67 Å². The van der Waals surface area contributed by atoms with E-state index in [4.69, 9.17) is 21.1 Å². The van der Waals surface area contributed by atoms with Gasteiger partial charge in [-0.3, -0.25) is 0 Å². The van der Waals surface area contributed by atoms with E-state index >= 15 is 0 Å². The van der Waals surface area contributed by atoms with Gasteiger partial charge in [-0.2, -0.15) is 18.2 Å². The molecule has 186 valence electrons. The molecule has 3 heterocycles. The van der Waals surface area contributed by atoms with Gasteiger partial charge in [0, 0.05) is 37.1 Å². The molecule has 0 radical (unpaired) electrons. The Balaban J connectivity index is 1.34. The summed E-state index contributed by atoms with van der Waals surface area (Å²) in [6, 6.07) is 10.2. The van der Waals surface area contributed by atoms with Crippen LogP contribution in [0.5, 0.6) is 17.6 Å². The van der Waals surface area contributed by atoms with Crippen molar-refractivity contribution in [2.24, 2.45) is 11.8 Å². The number of rotatable bonds is 7. The van der Waals surface area contributed by atoms with Crippen molar-refractivity contribution in [3.05, 3.63) is 47.6 Å². The van der Waals surface area contributed by atoms with Crippen LogP contribution in [0.3, 0.4) is 0 Å². The Bertz CT molecular complexity index is 1180. The summed E-state index contributed by atoms with van der Waals surface area (Å²) >= 11 is 6.12. The second-order valence-corrected chi connectivity index (χ2v) is 9.16. The lowest BCUT2D eigenvalue weighted by molar-refractivity contribution is -0.143. The first kappa shape index (κ1) is 23.5. The summed E-state index contributed by atoms with van der Waals surface area (Å²) in [6.07, 6.45) is -0.752. The Kier molecular flexibility index (Phi) is 6.35. The molecule has 1 aromatic carbocycles. The molecule has 8 nitrogen and oxygen atoms in total. The molecule has 1 saturated carbocycles. The number of anilines is 2. The first-order valence-electron chi connectivity index (χ1n) is 11.2. The van der Waals surface area contributed by atoms with E-state index in [1.807, 2.05) is 12.1 Å². The van der Waals surface area contributed by atoms with Crippen molar-refractivity contribution in [2.45, 2.75) is 31.6 Å². The molecule has 2 aromatic heterocycles. The van der Waals surface area contributed by atoms with E-state index in [1.165, 1.54) is 0 Å². The molecule has 0 spiro atoms. The van der Waals surface area contributed by atoms with Gasteiger partial charge in [0.05, 0.1) is 12.1 Å². The molecule has 3 atom stereocenters. The molecule has 1 saturated heterocycles. The molecule has 2 fully saturated rings. The minimum atomic E-state index is -4.49. The molecule has 1 aliphatic carbocycles. The maximum absolute atomic E-state index is 13.2. The summed E-state index contributed by atoms with van der Waals surface area (Å²) in [5.74, 6) is 1.45. The van der Waals surface area contributed by atoms with E-state index in [2.05, 4.69) is 25.3 Å². The highest BCUT2D eigenvalue weighted by Gasteiger charge is 2.43. The zero-order valence-electron chi connectivity index (χ0n) is 18.9. The quantitative estimate of drug-likeness (QED) is 0.480. The fourth-order valence-electron chi connectivity index (χ4n) is 4.89. The molecule has 2 aliphatic rings. The SMILES string of the molecule is COc1cc(N2C[C@H]3CC[C@@H](C2)C3Nc2nc(Oc3ccccc3Cl)n(CC(F)(F)F)n2)ccn1. The number of methoxy groups -OCH3 is 1. The Morgan fingerprint density at radius 2 is 1.89 bits per heavy atom. The van der Waals surface area contributed by atoms with Crippen molar-refractivity contribution in [1.29, 1.82) is 0 Å². The van der Waals surface area contributed by atoms with Crippen molar-refractivity contribution in [3.8, 4) is 17.6 Å². The second kappa shape index (κ2) is 9.44. The highest BCUT2D eigenvalue weighted by atomic mass is 35.5. The van der Waals surface area contributed by atoms with Crippen LogP contribution in [0.1, 0.15) is 12.8 Å².